The number of nitrogens with one attached hydrogen (secondary N) is 1. The highest BCUT2D eigenvalue weighted by atomic mass is 15.8. The number of nitrogens with two attached hydrogens (primary N) is 2. The number of hydrogen-bond donors (Lipinski definition) is 3. The van der Waals surface area contributed by atoms with Crippen LogP contribution in [-0.2, 0) is 0 Å². The molecule has 0 spiro atoms. The van der Waals surface area contributed by atoms with Crippen LogP contribution in [0.1, 0.15) is 25.7 Å². The van der Waals surface area contributed by atoms with Crippen molar-refractivity contribution in [1.82, 2.24) is 10.7 Å². The van der Waals surface area contributed by atoms with Crippen molar-refractivity contribution in [2.45, 2.75) is 37.8 Å². The molecule has 0 radical (unpaired) electrons. The molecule has 0 bridgehead atoms. The zero-order valence-electron chi connectivity index (χ0n) is 6.09. The normalized spacial score (nSPS) is 41.7. The molecule has 2 atom stereocenters. The van der Waals surface area contributed by atoms with Crippen LogP contribution >= 0.6 is 0 Å². The molecule has 2 unspecified atom stereocenters. The van der Waals surface area contributed by atoms with Gasteiger partial charge in [-0.3, -0.25) is 5.84 Å². The number of hydrogen-bond acceptors (Lipinski definition) is 3. The summed E-state index contributed by atoms with van der Waals surface area (Å²) in [5, 5.41) is 1.75. The van der Waals surface area contributed by atoms with Crippen LogP contribution in [0.25, 0.3) is 0 Å². The van der Waals surface area contributed by atoms with Gasteiger partial charge >= 0.3 is 0 Å². The quantitative estimate of drug-likeness (QED) is 0.361. The molecule has 1 saturated carbocycles. The summed E-state index contributed by atoms with van der Waals surface area (Å²) in [5.74, 6) is 5.68. The molecule has 2 fully saturated rings. The van der Waals surface area contributed by atoms with Gasteiger partial charge < -0.3 is 0 Å². The molecular formula is C6H15N4+. The molecule has 2 rings (SSSR count). The van der Waals surface area contributed by atoms with Crippen LogP contribution in [-0.4, -0.2) is 17.2 Å². The highest BCUT2D eigenvalue weighted by Gasteiger charge is 2.37. The first-order valence-electron chi connectivity index (χ1n) is 4.01. The van der Waals surface area contributed by atoms with Gasteiger partial charge in [-0.25, -0.2) is 5.43 Å². The van der Waals surface area contributed by atoms with Crippen LogP contribution in [0, 0.1) is 0 Å². The van der Waals surface area contributed by atoms with E-state index in [2.05, 4.69) is 11.0 Å². The van der Waals surface area contributed by atoms with Gasteiger partial charge in [0.15, 0.2) is 0 Å². The molecule has 1 heterocycles. The van der Waals surface area contributed by atoms with Crippen LogP contribution in [0.15, 0.2) is 0 Å². The molecule has 4 heteroatoms. The smallest absolute Gasteiger partial charge is 0.123 e. The number of quaternary nitrogens is 1. The van der Waals surface area contributed by atoms with E-state index in [9.17, 15) is 0 Å². The lowest BCUT2D eigenvalue weighted by Crippen LogP contribution is -2.95. The minimum atomic E-state index is 0.578. The van der Waals surface area contributed by atoms with E-state index in [1.54, 1.807) is 5.12 Å². The third-order valence-electron chi connectivity index (χ3n) is 2.58. The zero-order valence-corrected chi connectivity index (χ0v) is 6.09. The average molecular weight is 143 g/mol. The molecule has 5 N–H and O–H groups in total. The summed E-state index contributed by atoms with van der Waals surface area (Å²) < 4.78 is 0. The lowest BCUT2D eigenvalue weighted by Gasteiger charge is -2.22. The van der Waals surface area contributed by atoms with Crippen molar-refractivity contribution in [2.24, 2.45) is 5.84 Å². The second-order valence-electron chi connectivity index (χ2n) is 3.22. The topological polar surface area (TPSA) is 57.9 Å². The molecule has 1 aliphatic carbocycles. The van der Waals surface area contributed by atoms with Gasteiger partial charge in [0.05, 0.1) is 6.04 Å². The van der Waals surface area contributed by atoms with E-state index in [1.165, 1.54) is 25.7 Å². The number of rotatable bonds is 0. The van der Waals surface area contributed by atoms with E-state index < -0.39 is 0 Å². The van der Waals surface area contributed by atoms with E-state index in [-0.39, 0.29) is 0 Å². The Hall–Kier alpha value is -0.160. The largest absolute Gasteiger partial charge is 0.250 e. The molecule has 0 aromatic carbocycles. The van der Waals surface area contributed by atoms with Gasteiger partial charge in [-0.2, -0.15) is 0 Å². The van der Waals surface area contributed by atoms with Gasteiger partial charge in [0.2, 0.25) is 0 Å². The molecule has 10 heavy (non-hydrogen) atoms. The maximum atomic E-state index is 5.68. The van der Waals surface area contributed by atoms with Crippen molar-refractivity contribution < 1.29 is 5.43 Å². The van der Waals surface area contributed by atoms with Crippen molar-refractivity contribution in [2.75, 3.05) is 0 Å². The first-order chi connectivity index (χ1) is 4.88. The average Bonchev–Trinajstić information content (AvgIpc) is 2.34. The number of nitrogens with zero attached hydrogens (tertiary/aromatic N) is 1. The molecule has 2 aliphatic rings. The zero-order chi connectivity index (χ0) is 6.97. The molecule has 58 valence electrons. The predicted molar refractivity (Wildman–Crippen MR) is 37.1 cm³/mol. The minimum Gasteiger partial charge on any atom is -0.250 e. The van der Waals surface area contributed by atoms with Crippen molar-refractivity contribution in [1.29, 1.82) is 0 Å². The fraction of sp³-hybridized carbons (Fsp3) is 1.00. The van der Waals surface area contributed by atoms with Crippen LogP contribution in [0.4, 0.5) is 0 Å². The number of hydrazine groups is 2. The molecule has 0 aromatic rings. The Morgan fingerprint density at radius 1 is 1.40 bits per heavy atom. The summed E-state index contributed by atoms with van der Waals surface area (Å²) in [7, 11) is 0. The van der Waals surface area contributed by atoms with Gasteiger partial charge in [0.1, 0.15) is 6.04 Å². The van der Waals surface area contributed by atoms with Gasteiger partial charge in [-0.15, -0.1) is 5.12 Å². The summed E-state index contributed by atoms with van der Waals surface area (Å²) >= 11 is 0. The van der Waals surface area contributed by atoms with Gasteiger partial charge in [-0.1, -0.05) is 12.0 Å². The molecule has 0 amide bonds. The Kier molecular flexibility index (Phi) is 1.61. The lowest BCUT2D eigenvalue weighted by atomic mass is 9.92. The fourth-order valence-corrected chi connectivity index (χ4v) is 1.96. The molecule has 1 aliphatic heterocycles. The van der Waals surface area contributed by atoms with E-state index in [0.717, 1.165) is 0 Å². The SMILES string of the molecule is NN1N[NH2+]C2CCCCC21. The monoisotopic (exact) mass is 143 g/mol. The Balaban J connectivity index is 2.01. The molecule has 0 aromatic heterocycles. The highest BCUT2D eigenvalue weighted by Crippen LogP contribution is 2.19. The maximum absolute atomic E-state index is 5.68. The Morgan fingerprint density at radius 2 is 2.20 bits per heavy atom. The third kappa shape index (κ3) is 0.932. The maximum Gasteiger partial charge on any atom is 0.123 e. The first kappa shape index (κ1) is 6.54. The van der Waals surface area contributed by atoms with Gasteiger partial charge in [0, 0.05) is 6.42 Å². The summed E-state index contributed by atoms with van der Waals surface area (Å²) in [5.41, 5.74) is 5.18. The van der Waals surface area contributed by atoms with Crippen LogP contribution in [0.2, 0.25) is 0 Å². The van der Waals surface area contributed by atoms with E-state index in [0.29, 0.717) is 12.1 Å². The van der Waals surface area contributed by atoms with Gasteiger partial charge in [-0.05, 0) is 12.8 Å². The van der Waals surface area contributed by atoms with Crippen molar-refractivity contribution in [3.8, 4) is 0 Å². The highest BCUT2D eigenvalue weighted by molar-refractivity contribution is 4.79. The van der Waals surface area contributed by atoms with Crippen molar-refractivity contribution >= 4 is 0 Å². The summed E-state index contributed by atoms with van der Waals surface area (Å²) in [6.07, 6.45) is 5.27. The standard InChI is InChI=1S/C6H14N4/c7-10-6-4-2-1-3-5(6)8-9-10/h5-6,8-9H,1-4,7H2/p+1. The number of fused-ring (bicyclic) bond motifs is 1. The van der Waals surface area contributed by atoms with E-state index in [1.807, 2.05) is 0 Å². The Labute approximate surface area is 60.7 Å². The van der Waals surface area contributed by atoms with Crippen molar-refractivity contribution in [3.05, 3.63) is 0 Å². The molecular weight excluding hydrogens is 128 g/mol. The summed E-state index contributed by atoms with van der Waals surface area (Å²) in [6.45, 7) is 0. The lowest BCUT2D eigenvalue weighted by molar-refractivity contribution is -0.735. The molecule has 1 saturated heterocycles. The second kappa shape index (κ2) is 2.47. The Bertz CT molecular complexity index is 125. The third-order valence-corrected chi connectivity index (χ3v) is 2.58. The molecule has 4 nitrogen and oxygen atoms in total. The summed E-state index contributed by atoms with van der Waals surface area (Å²) in [6, 6.07) is 1.28. The van der Waals surface area contributed by atoms with Gasteiger partial charge in [0.25, 0.3) is 0 Å². The second-order valence-corrected chi connectivity index (χ2v) is 3.22. The Morgan fingerprint density at radius 3 is 3.00 bits per heavy atom. The van der Waals surface area contributed by atoms with Crippen LogP contribution < -0.4 is 16.8 Å². The fourth-order valence-electron chi connectivity index (χ4n) is 1.96. The first-order valence-corrected chi connectivity index (χ1v) is 4.01. The van der Waals surface area contributed by atoms with E-state index in [4.69, 9.17) is 5.84 Å². The van der Waals surface area contributed by atoms with Crippen molar-refractivity contribution in [3.63, 3.8) is 0 Å². The summed E-state index contributed by atoms with van der Waals surface area (Å²) in [4.78, 5) is 0. The predicted octanol–water partition coefficient (Wildman–Crippen LogP) is -1.53. The minimum absolute atomic E-state index is 0.578. The van der Waals surface area contributed by atoms with Crippen LogP contribution in [0.3, 0.4) is 0 Å². The van der Waals surface area contributed by atoms with E-state index >= 15 is 0 Å². The van der Waals surface area contributed by atoms with Crippen LogP contribution in [0.5, 0.6) is 0 Å².